The zero-order chi connectivity index (χ0) is 14.1. The molecule has 0 aromatic heterocycles. The minimum Gasteiger partial charge on any atom is -0.395 e. The van der Waals surface area contributed by atoms with Gasteiger partial charge < -0.3 is 14.9 Å². The van der Waals surface area contributed by atoms with Gasteiger partial charge in [0.15, 0.2) is 0 Å². The van der Waals surface area contributed by atoms with Crippen molar-refractivity contribution in [1.29, 1.82) is 0 Å². The Morgan fingerprint density at radius 1 is 1.26 bits per heavy atom. The normalized spacial score (nSPS) is 12.9. The van der Waals surface area contributed by atoms with E-state index in [1.54, 1.807) is 7.11 Å². The van der Waals surface area contributed by atoms with E-state index in [-0.39, 0.29) is 6.61 Å². The number of rotatable bonds is 9. The number of hydrogen-bond acceptors (Lipinski definition) is 4. The highest BCUT2D eigenvalue weighted by molar-refractivity contribution is 5.23. The molecule has 1 rings (SSSR count). The largest absolute Gasteiger partial charge is 0.395 e. The molecule has 0 fully saturated rings. The molecule has 2 N–H and O–H groups in total. The number of nitrogens with zero attached hydrogens (tertiary/aromatic N) is 1. The summed E-state index contributed by atoms with van der Waals surface area (Å²) in [5.74, 6) is 0. The van der Waals surface area contributed by atoms with E-state index in [2.05, 4.69) is 4.90 Å². The predicted molar refractivity (Wildman–Crippen MR) is 76.2 cm³/mol. The molecule has 0 radical (unpaired) electrons. The van der Waals surface area contributed by atoms with Crippen LogP contribution in [0.3, 0.4) is 0 Å². The Balaban J connectivity index is 2.44. The van der Waals surface area contributed by atoms with E-state index in [1.807, 2.05) is 31.2 Å². The molecular formula is C15H25NO3. The van der Waals surface area contributed by atoms with Crippen molar-refractivity contribution in [2.75, 3.05) is 40.0 Å². The fourth-order valence-electron chi connectivity index (χ4n) is 2.05. The van der Waals surface area contributed by atoms with Crippen LogP contribution in [0.5, 0.6) is 0 Å². The van der Waals surface area contributed by atoms with Crippen molar-refractivity contribution in [2.24, 2.45) is 0 Å². The molecule has 0 amide bonds. The molecule has 0 heterocycles. The number of aliphatic hydroxyl groups is 2. The van der Waals surface area contributed by atoms with Gasteiger partial charge in [-0.05, 0) is 18.9 Å². The second kappa shape index (κ2) is 9.04. The van der Waals surface area contributed by atoms with Crippen LogP contribution < -0.4 is 0 Å². The van der Waals surface area contributed by atoms with Crippen LogP contribution in [0.1, 0.15) is 23.7 Å². The van der Waals surface area contributed by atoms with Crippen molar-refractivity contribution in [3.63, 3.8) is 0 Å². The molecule has 0 saturated heterocycles. The van der Waals surface area contributed by atoms with E-state index >= 15 is 0 Å². The van der Waals surface area contributed by atoms with Crippen LogP contribution in [0.2, 0.25) is 0 Å². The smallest absolute Gasteiger partial charge is 0.0802 e. The molecular weight excluding hydrogens is 242 g/mol. The summed E-state index contributed by atoms with van der Waals surface area (Å²) < 4.78 is 5.04. The molecule has 0 saturated carbocycles. The number of aryl methyl sites for hydroxylation is 1. The Bertz CT molecular complexity index is 357. The van der Waals surface area contributed by atoms with Gasteiger partial charge in [0.2, 0.25) is 0 Å². The van der Waals surface area contributed by atoms with Crippen molar-refractivity contribution < 1.29 is 14.9 Å². The van der Waals surface area contributed by atoms with Crippen LogP contribution in [0.15, 0.2) is 24.3 Å². The molecule has 1 aromatic rings. The van der Waals surface area contributed by atoms with Gasteiger partial charge in [0.05, 0.1) is 19.3 Å². The maximum absolute atomic E-state index is 10.2. The van der Waals surface area contributed by atoms with E-state index in [0.29, 0.717) is 19.6 Å². The number of methoxy groups -OCH3 is 1. The van der Waals surface area contributed by atoms with Gasteiger partial charge in [-0.15, -0.1) is 0 Å². The zero-order valence-electron chi connectivity index (χ0n) is 11.9. The first kappa shape index (κ1) is 16.1. The molecule has 19 heavy (non-hydrogen) atoms. The van der Waals surface area contributed by atoms with Crippen molar-refractivity contribution >= 4 is 0 Å². The van der Waals surface area contributed by atoms with Gasteiger partial charge in [-0.3, -0.25) is 4.90 Å². The van der Waals surface area contributed by atoms with E-state index < -0.39 is 6.10 Å². The molecule has 0 aliphatic carbocycles. The molecule has 0 aliphatic heterocycles. The third kappa shape index (κ3) is 6.16. The van der Waals surface area contributed by atoms with Crippen molar-refractivity contribution in [1.82, 2.24) is 4.90 Å². The average molecular weight is 267 g/mol. The Kier molecular flexibility index (Phi) is 7.67. The molecule has 1 aromatic carbocycles. The SMILES string of the molecule is COCCN(CCO)CCC(O)c1cccc(C)c1. The van der Waals surface area contributed by atoms with Gasteiger partial charge >= 0.3 is 0 Å². The lowest BCUT2D eigenvalue weighted by Crippen LogP contribution is -2.32. The highest BCUT2D eigenvalue weighted by Gasteiger charge is 2.11. The molecule has 0 aliphatic rings. The number of hydrogen-bond donors (Lipinski definition) is 2. The zero-order valence-corrected chi connectivity index (χ0v) is 11.9. The Labute approximate surface area is 115 Å². The van der Waals surface area contributed by atoms with Crippen molar-refractivity contribution in [2.45, 2.75) is 19.4 Å². The van der Waals surface area contributed by atoms with Gasteiger partial charge in [-0.25, -0.2) is 0 Å². The summed E-state index contributed by atoms with van der Waals surface area (Å²) in [5, 5.41) is 19.2. The summed E-state index contributed by atoms with van der Waals surface area (Å²) in [6, 6.07) is 7.94. The minimum atomic E-state index is -0.455. The molecule has 0 bridgehead atoms. The van der Waals surface area contributed by atoms with E-state index in [0.717, 1.165) is 24.2 Å². The van der Waals surface area contributed by atoms with Gasteiger partial charge in [-0.2, -0.15) is 0 Å². The molecule has 1 unspecified atom stereocenters. The van der Waals surface area contributed by atoms with Gasteiger partial charge in [0, 0.05) is 26.7 Å². The Morgan fingerprint density at radius 3 is 2.68 bits per heavy atom. The first-order valence-corrected chi connectivity index (χ1v) is 6.74. The molecule has 4 heteroatoms. The summed E-state index contributed by atoms with van der Waals surface area (Å²) in [6.45, 7) is 4.93. The van der Waals surface area contributed by atoms with E-state index in [9.17, 15) is 5.11 Å². The topological polar surface area (TPSA) is 52.9 Å². The van der Waals surface area contributed by atoms with Crippen LogP contribution in [0.25, 0.3) is 0 Å². The maximum atomic E-state index is 10.2. The Morgan fingerprint density at radius 2 is 2.05 bits per heavy atom. The second-order valence-corrected chi connectivity index (χ2v) is 4.78. The van der Waals surface area contributed by atoms with Crippen LogP contribution in [0.4, 0.5) is 0 Å². The van der Waals surface area contributed by atoms with Gasteiger partial charge in [0.25, 0.3) is 0 Å². The quantitative estimate of drug-likeness (QED) is 0.709. The average Bonchev–Trinajstić information content (AvgIpc) is 2.41. The fourth-order valence-corrected chi connectivity index (χ4v) is 2.05. The molecule has 4 nitrogen and oxygen atoms in total. The lowest BCUT2D eigenvalue weighted by atomic mass is 10.0. The summed E-state index contributed by atoms with van der Waals surface area (Å²) >= 11 is 0. The summed E-state index contributed by atoms with van der Waals surface area (Å²) in [5.41, 5.74) is 2.11. The molecule has 0 spiro atoms. The number of aliphatic hydroxyl groups excluding tert-OH is 2. The second-order valence-electron chi connectivity index (χ2n) is 4.78. The number of benzene rings is 1. The Hall–Kier alpha value is -0.940. The van der Waals surface area contributed by atoms with E-state index in [4.69, 9.17) is 9.84 Å². The van der Waals surface area contributed by atoms with Crippen LogP contribution in [-0.4, -0.2) is 55.1 Å². The first-order chi connectivity index (χ1) is 9.17. The number of ether oxygens (including phenoxy) is 1. The lowest BCUT2D eigenvalue weighted by molar-refractivity contribution is 0.105. The highest BCUT2D eigenvalue weighted by Crippen LogP contribution is 2.17. The third-order valence-electron chi connectivity index (χ3n) is 3.17. The van der Waals surface area contributed by atoms with Crippen LogP contribution in [-0.2, 0) is 4.74 Å². The minimum absolute atomic E-state index is 0.129. The monoisotopic (exact) mass is 267 g/mol. The maximum Gasteiger partial charge on any atom is 0.0802 e. The third-order valence-corrected chi connectivity index (χ3v) is 3.17. The predicted octanol–water partition coefficient (Wildman–Crippen LogP) is 1.36. The van der Waals surface area contributed by atoms with Crippen molar-refractivity contribution in [3.05, 3.63) is 35.4 Å². The fraction of sp³-hybridized carbons (Fsp3) is 0.600. The summed E-state index contributed by atoms with van der Waals surface area (Å²) in [6.07, 6.45) is 0.205. The molecule has 1 atom stereocenters. The van der Waals surface area contributed by atoms with Crippen LogP contribution in [0, 0.1) is 6.92 Å². The van der Waals surface area contributed by atoms with Gasteiger partial charge in [0.1, 0.15) is 0 Å². The van der Waals surface area contributed by atoms with Crippen LogP contribution >= 0.6 is 0 Å². The molecule has 108 valence electrons. The summed E-state index contributed by atoms with van der Waals surface area (Å²) in [4.78, 5) is 2.10. The van der Waals surface area contributed by atoms with Gasteiger partial charge in [-0.1, -0.05) is 29.8 Å². The first-order valence-electron chi connectivity index (χ1n) is 6.74. The highest BCUT2D eigenvalue weighted by atomic mass is 16.5. The standard InChI is InChI=1S/C15H25NO3/c1-13-4-3-5-14(12-13)15(18)6-7-16(8-10-17)9-11-19-2/h3-5,12,15,17-18H,6-11H2,1-2H3. The lowest BCUT2D eigenvalue weighted by Gasteiger charge is -2.22. The van der Waals surface area contributed by atoms with Crippen molar-refractivity contribution in [3.8, 4) is 0 Å². The summed E-state index contributed by atoms with van der Waals surface area (Å²) in [7, 11) is 1.67. The van der Waals surface area contributed by atoms with E-state index in [1.165, 1.54) is 0 Å².